The van der Waals surface area contributed by atoms with Crippen molar-refractivity contribution in [3.63, 3.8) is 0 Å². The minimum atomic E-state index is -1.15. The van der Waals surface area contributed by atoms with Gasteiger partial charge < -0.3 is 20.5 Å². The van der Waals surface area contributed by atoms with Crippen molar-refractivity contribution in [2.45, 2.75) is 31.7 Å². The highest BCUT2D eigenvalue weighted by atomic mass is 79.9. The number of carbonyl (C=O) groups excluding carboxylic acids is 2. The van der Waals surface area contributed by atoms with Crippen molar-refractivity contribution in [3.8, 4) is 11.1 Å². The average Bonchev–Trinajstić information content (AvgIpc) is 3.17. The van der Waals surface area contributed by atoms with Gasteiger partial charge in [0.1, 0.15) is 6.61 Å². The molecule has 180 valence electrons. The predicted octanol–water partition coefficient (Wildman–Crippen LogP) is 5.79. The quantitative estimate of drug-likeness (QED) is 0.337. The summed E-state index contributed by atoms with van der Waals surface area (Å²) < 4.78 is 6.16. The van der Waals surface area contributed by atoms with Crippen LogP contribution in [0.1, 0.15) is 47.2 Å². The number of ether oxygens (including phenoxy) is 1. The van der Waals surface area contributed by atoms with E-state index in [4.69, 9.17) is 4.74 Å². The third-order valence-corrected chi connectivity index (χ3v) is 6.57. The summed E-state index contributed by atoms with van der Waals surface area (Å²) in [5.74, 6) is -1.60. The lowest BCUT2D eigenvalue weighted by Crippen LogP contribution is -2.38. The molecule has 3 aromatic carbocycles. The van der Waals surface area contributed by atoms with Gasteiger partial charge in [0, 0.05) is 22.9 Å². The third kappa shape index (κ3) is 5.54. The van der Waals surface area contributed by atoms with E-state index < -0.39 is 24.0 Å². The van der Waals surface area contributed by atoms with E-state index in [9.17, 15) is 19.5 Å². The number of alkyl carbamates (subject to hydrolysis) is 1. The van der Waals surface area contributed by atoms with E-state index in [1.54, 1.807) is 6.07 Å². The number of nitrogens with one attached hydrogen (secondary N) is 2. The molecular formula is C27H25BrN2O5. The highest BCUT2D eigenvalue weighted by Gasteiger charge is 2.29. The first kappa shape index (κ1) is 24.5. The molecule has 0 bridgehead atoms. The molecule has 35 heavy (non-hydrogen) atoms. The van der Waals surface area contributed by atoms with Crippen molar-refractivity contribution in [2.75, 3.05) is 11.9 Å². The molecule has 0 heterocycles. The standard InChI is InChI=1S/C27H25BrN2O5/c1-2-17(14-25(31)30-24-12-11-16(28)13-22(24)26(32)33)29-27(34)35-15-23-20-9-5-3-7-18(20)19-8-4-6-10-21(19)23/h3-13,17,23H,2,14-15H2,1H3,(H,29,34)(H,30,31)(H,32,33)/t17-/m0/s1. The molecular weight excluding hydrogens is 512 g/mol. The zero-order valence-electron chi connectivity index (χ0n) is 19.1. The number of amides is 2. The molecule has 1 atom stereocenters. The SMILES string of the molecule is CC[C@@H](CC(=O)Nc1ccc(Br)cc1C(=O)O)NC(=O)OCC1c2ccccc2-c2ccccc21. The van der Waals surface area contributed by atoms with E-state index in [1.807, 2.05) is 43.3 Å². The molecule has 1 aliphatic rings. The Morgan fingerprint density at radius 3 is 2.23 bits per heavy atom. The van der Waals surface area contributed by atoms with Gasteiger partial charge in [0.15, 0.2) is 0 Å². The van der Waals surface area contributed by atoms with Crippen LogP contribution in [0.25, 0.3) is 11.1 Å². The van der Waals surface area contributed by atoms with Gasteiger partial charge in [0.05, 0.1) is 11.3 Å². The Bertz CT molecular complexity index is 1230. The number of halogens is 1. The van der Waals surface area contributed by atoms with Crippen LogP contribution in [0.4, 0.5) is 10.5 Å². The van der Waals surface area contributed by atoms with Gasteiger partial charge in [-0.05, 0) is 46.9 Å². The summed E-state index contributed by atoms with van der Waals surface area (Å²) in [6, 6.07) is 20.3. The molecule has 0 radical (unpaired) electrons. The van der Waals surface area contributed by atoms with Gasteiger partial charge in [-0.1, -0.05) is 71.4 Å². The van der Waals surface area contributed by atoms with Crippen LogP contribution in [0.15, 0.2) is 71.2 Å². The summed E-state index contributed by atoms with van der Waals surface area (Å²) in [7, 11) is 0. The number of aromatic carboxylic acids is 1. The number of hydrogen-bond donors (Lipinski definition) is 3. The topological polar surface area (TPSA) is 105 Å². The summed E-state index contributed by atoms with van der Waals surface area (Å²) in [6.45, 7) is 2.04. The van der Waals surface area contributed by atoms with Crippen LogP contribution in [0.5, 0.6) is 0 Å². The lowest BCUT2D eigenvalue weighted by atomic mass is 9.98. The van der Waals surface area contributed by atoms with E-state index >= 15 is 0 Å². The second-order valence-electron chi connectivity index (χ2n) is 8.32. The molecule has 7 nitrogen and oxygen atoms in total. The Balaban J connectivity index is 1.35. The van der Waals surface area contributed by atoms with Gasteiger partial charge in [0.25, 0.3) is 0 Å². The molecule has 0 fully saturated rings. The Labute approximate surface area is 211 Å². The first-order valence-electron chi connectivity index (χ1n) is 11.3. The third-order valence-electron chi connectivity index (χ3n) is 6.08. The number of fused-ring (bicyclic) bond motifs is 3. The maximum absolute atomic E-state index is 12.6. The highest BCUT2D eigenvalue weighted by molar-refractivity contribution is 9.10. The van der Waals surface area contributed by atoms with Crippen LogP contribution in [0, 0.1) is 0 Å². The molecule has 0 unspecified atom stereocenters. The zero-order chi connectivity index (χ0) is 24.9. The number of carbonyl (C=O) groups is 3. The van der Waals surface area contributed by atoms with Gasteiger partial charge in [-0.3, -0.25) is 4.79 Å². The van der Waals surface area contributed by atoms with Gasteiger partial charge >= 0.3 is 12.1 Å². The fraction of sp³-hybridized carbons (Fsp3) is 0.222. The molecule has 0 saturated carbocycles. The van der Waals surface area contributed by atoms with E-state index in [1.165, 1.54) is 12.1 Å². The number of benzene rings is 3. The molecule has 0 aliphatic heterocycles. The first-order chi connectivity index (χ1) is 16.9. The van der Waals surface area contributed by atoms with Gasteiger partial charge in [-0.25, -0.2) is 9.59 Å². The largest absolute Gasteiger partial charge is 0.478 e. The molecule has 1 aliphatic carbocycles. The lowest BCUT2D eigenvalue weighted by Gasteiger charge is -2.19. The molecule has 3 N–H and O–H groups in total. The van der Waals surface area contributed by atoms with E-state index in [0.29, 0.717) is 10.9 Å². The van der Waals surface area contributed by atoms with Crippen LogP contribution in [0.2, 0.25) is 0 Å². The second-order valence-corrected chi connectivity index (χ2v) is 9.24. The molecule has 4 rings (SSSR count). The van der Waals surface area contributed by atoms with E-state index in [-0.39, 0.29) is 30.2 Å². The summed E-state index contributed by atoms with van der Waals surface area (Å²) in [5.41, 5.74) is 4.71. The summed E-state index contributed by atoms with van der Waals surface area (Å²) in [4.78, 5) is 36.6. The Morgan fingerprint density at radius 2 is 1.63 bits per heavy atom. The lowest BCUT2D eigenvalue weighted by molar-refractivity contribution is -0.116. The second kappa shape index (κ2) is 10.7. The first-order valence-corrected chi connectivity index (χ1v) is 12.1. The summed E-state index contributed by atoms with van der Waals surface area (Å²) in [6.07, 6.45) is -0.110. The average molecular weight is 537 g/mol. The van der Waals surface area contributed by atoms with Crippen molar-refractivity contribution < 1.29 is 24.2 Å². The van der Waals surface area contributed by atoms with E-state index in [2.05, 4.69) is 38.7 Å². The minimum Gasteiger partial charge on any atom is -0.478 e. The monoisotopic (exact) mass is 536 g/mol. The number of anilines is 1. The minimum absolute atomic E-state index is 0.0180. The Hall–Kier alpha value is -3.65. The predicted molar refractivity (Wildman–Crippen MR) is 137 cm³/mol. The fourth-order valence-electron chi connectivity index (χ4n) is 4.33. The van der Waals surface area contributed by atoms with Crippen LogP contribution >= 0.6 is 15.9 Å². The Morgan fingerprint density at radius 1 is 1.00 bits per heavy atom. The van der Waals surface area contributed by atoms with Crippen molar-refractivity contribution in [1.82, 2.24) is 5.32 Å². The fourth-order valence-corrected chi connectivity index (χ4v) is 4.69. The zero-order valence-corrected chi connectivity index (χ0v) is 20.7. The number of carboxylic acid groups (broad SMARTS) is 1. The van der Waals surface area contributed by atoms with Gasteiger partial charge in [-0.2, -0.15) is 0 Å². The maximum Gasteiger partial charge on any atom is 0.407 e. The van der Waals surface area contributed by atoms with Crippen LogP contribution in [-0.4, -0.2) is 35.7 Å². The summed E-state index contributed by atoms with van der Waals surface area (Å²) in [5, 5.41) is 14.8. The normalized spacial score (nSPS) is 12.9. The number of rotatable bonds is 8. The smallest absolute Gasteiger partial charge is 0.407 e. The summed E-state index contributed by atoms with van der Waals surface area (Å²) >= 11 is 3.23. The van der Waals surface area contributed by atoms with Crippen LogP contribution in [-0.2, 0) is 9.53 Å². The van der Waals surface area contributed by atoms with E-state index in [0.717, 1.165) is 22.3 Å². The molecule has 0 aromatic heterocycles. The number of carboxylic acids is 1. The highest BCUT2D eigenvalue weighted by Crippen LogP contribution is 2.44. The van der Waals surface area contributed by atoms with Crippen molar-refractivity contribution >= 4 is 39.6 Å². The Kier molecular flexibility index (Phi) is 7.51. The van der Waals surface area contributed by atoms with Gasteiger partial charge in [0.2, 0.25) is 5.91 Å². The molecule has 0 saturated heterocycles. The van der Waals surface area contributed by atoms with Gasteiger partial charge in [-0.15, -0.1) is 0 Å². The van der Waals surface area contributed by atoms with Crippen molar-refractivity contribution in [2.24, 2.45) is 0 Å². The van der Waals surface area contributed by atoms with Crippen LogP contribution < -0.4 is 10.6 Å². The molecule has 2 amide bonds. The number of hydrogen-bond acceptors (Lipinski definition) is 4. The van der Waals surface area contributed by atoms with Crippen molar-refractivity contribution in [1.29, 1.82) is 0 Å². The maximum atomic E-state index is 12.6. The van der Waals surface area contributed by atoms with Crippen LogP contribution in [0.3, 0.4) is 0 Å². The van der Waals surface area contributed by atoms with Crippen molar-refractivity contribution in [3.05, 3.63) is 87.9 Å². The molecule has 8 heteroatoms. The molecule has 0 spiro atoms. The molecule has 3 aromatic rings.